The molecule has 26 heavy (non-hydrogen) atoms. The third-order valence-electron chi connectivity index (χ3n) is 4.65. The summed E-state index contributed by atoms with van der Waals surface area (Å²) in [6.07, 6.45) is -3.31. The van der Waals surface area contributed by atoms with Crippen LogP contribution < -0.4 is 5.32 Å². The Hall–Kier alpha value is -1.68. The summed E-state index contributed by atoms with van der Waals surface area (Å²) < 4.78 is 41.8. The lowest BCUT2D eigenvalue weighted by Crippen LogP contribution is -2.39. The highest BCUT2D eigenvalue weighted by atomic mass is 32.2. The standard InChI is InChI=1S/C16H17F3N4OS2/c17-16(18,19)13-8-11(12-2-1-5-26-12)21-14-10(9-20-23(13)14)15(24)22-3-6-25-7-4-22/h1-2,5,9,11,13,21H,3-4,6-8H2. The molecule has 0 aromatic carbocycles. The summed E-state index contributed by atoms with van der Waals surface area (Å²) in [7, 11) is 0. The Kier molecular flexibility index (Phi) is 4.64. The molecule has 2 aromatic heterocycles. The van der Waals surface area contributed by atoms with Crippen molar-refractivity contribution >= 4 is 34.8 Å². The molecule has 140 valence electrons. The topological polar surface area (TPSA) is 50.2 Å². The second kappa shape index (κ2) is 6.80. The molecule has 1 saturated heterocycles. The zero-order valence-electron chi connectivity index (χ0n) is 13.7. The molecule has 0 spiro atoms. The van der Waals surface area contributed by atoms with E-state index < -0.39 is 18.3 Å². The number of nitrogens with one attached hydrogen (secondary N) is 1. The predicted octanol–water partition coefficient (Wildman–Crippen LogP) is 3.79. The van der Waals surface area contributed by atoms with E-state index in [2.05, 4.69) is 10.4 Å². The molecule has 2 aliphatic rings. The average molecular weight is 402 g/mol. The van der Waals surface area contributed by atoms with Gasteiger partial charge in [0, 0.05) is 35.9 Å². The van der Waals surface area contributed by atoms with E-state index in [0.717, 1.165) is 21.1 Å². The molecule has 1 N–H and O–H groups in total. The van der Waals surface area contributed by atoms with E-state index in [1.54, 1.807) is 16.7 Å². The van der Waals surface area contributed by atoms with Crippen LogP contribution in [0.2, 0.25) is 0 Å². The molecule has 10 heteroatoms. The molecular formula is C16H17F3N4OS2. The first-order valence-corrected chi connectivity index (χ1v) is 10.3. The highest BCUT2D eigenvalue weighted by molar-refractivity contribution is 7.99. The molecule has 2 atom stereocenters. The lowest BCUT2D eigenvalue weighted by Gasteiger charge is -2.34. The second-order valence-electron chi connectivity index (χ2n) is 6.26. The third kappa shape index (κ3) is 3.20. The summed E-state index contributed by atoms with van der Waals surface area (Å²) in [6.45, 7) is 1.20. The van der Waals surface area contributed by atoms with Crippen LogP contribution in [0.25, 0.3) is 0 Å². The van der Waals surface area contributed by atoms with Crippen LogP contribution in [0.5, 0.6) is 0 Å². The smallest absolute Gasteiger partial charge is 0.362 e. The minimum atomic E-state index is -4.43. The number of fused-ring (bicyclic) bond motifs is 1. The quantitative estimate of drug-likeness (QED) is 0.830. The van der Waals surface area contributed by atoms with Gasteiger partial charge in [0.15, 0.2) is 6.04 Å². The van der Waals surface area contributed by atoms with Gasteiger partial charge in [-0.1, -0.05) is 6.07 Å². The van der Waals surface area contributed by atoms with Crippen molar-refractivity contribution in [2.75, 3.05) is 29.9 Å². The van der Waals surface area contributed by atoms with Gasteiger partial charge in [-0.05, 0) is 11.4 Å². The Balaban J connectivity index is 1.70. The third-order valence-corrected chi connectivity index (χ3v) is 6.58. The fourth-order valence-corrected chi connectivity index (χ4v) is 5.03. The Morgan fingerprint density at radius 2 is 2.08 bits per heavy atom. The van der Waals surface area contributed by atoms with Gasteiger partial charge in [0.25, 0.3) is 5.91 Å². The Labute approximate surface area is 156 Å². The lowest BCUT2D eigenvalue weighted by molar-refractivity contribution is -0.173. The molecule has 2 unspecified atom stereocenters. The fraction of sp³-hybridized carbons (Fsp3) is 0.500. The van der Waals surface area contributed by atoms with Crippen molar-refractivity contribution in [3.63, 3.8) is 0 Å². The van der Waals surface area contributed by atoms with Crippen molar-refractivity contribution in [2.24, 2.45) is 0 Å². The number of thioether (sulfide) groups is 1. The number of amides is 1. The van der Waals surface area contributed by atoms with E-state index in [1.807, 2.05) is 17.5 Å². The van der Waals surface area contributed by atoms with Crippen LogP contribution in [-0.2, 0) is 0 Å². The Morgan fingerprint density at radius 3 is 2.73 bits per heavy atom. The van der Waals surface area contributed by atoms with Gasteiger partial charge in [-0.15, -0.1) is 11.3 Å². The zero-order valence-corrected chi connectivity index (χ0v) is 15.3. The van der Waals surface area contributed by atoms with E-state index in [4.69, 9.17) is 0 Å². The molecule has 0 radical (unpaired) electrons. The van der Waals surface area contributed by atoms with Crippen LogP contribution in [0.4, 0.5) is 19.0 Å². The number of thiophene rings is 1. The van der Waals surface area contributed by atoms with E-state index >= 15 is 0 Å². The van der Waals surface area contributed by atoms with Crippen LogP contribution in [0.15, 0.2) is 23.7 Å². The molecule has 4 heterocycles. The second-order valence-corrected chi connectivity index (χ2v) is 8.47. The average Bonchev–Trinajstić information content (AvgIpc) is 3.30. The molecular weight excluding hydrogens is 385 g/mol. The molecule has 0 bridgehead atoms. The zero-order chi connectivity index (χ0) is 18.3. The molecule has 2 aliphatic heterocycles. The number of hydrogen-bond donors (Lipinski definition) is 1. The van der Waals surface area contributed by atoms with Crippen LogP contribution in [0.1, 0.15) is 33.7 Å². The van der Waals surface area contributed by atoms with Crippen LogP contribution >= 0.6 is 23.1 Å². The van der Waals surface area contributed by atoms with Gasteiger partial charge in [-0.3, -0.25) is 4.79 Å². The van der Waals surface area contributed by atoms with Gasteiger partial charge in [0.2, 0.25) is 0 Å². The maximum Gasteiger partial charge on any atom is 0.410 e. The first-order valence-electron chi connectivity index (χ1n) is 8.26. The maximum absolute atomic E-state index is 13.6. The molecule has 5 nitrogen and oxygen atoms in total. The summed E-state index contributed by atoms with van der Waals surface area (Å²) >= 11 is 3.17. The normalized spacial score (nSPS) is 23.4. The van der Waals surface area contributed by atoms with Crippen molar-refractivity contribution in [3.05, 3.63) is 34.2 Å². The summed E-state index contributed by atoms with van der Waals surface area (Å²) in [4.78, 5) is 15.3. The molecule has 0 saturated carbocycles. The van der Waals surface area contributed by atoms with Gasteiger partial charge in [0.1, 0.15) is 11.4 Å². The minimum absolute atomic E-state index is 0.146. The molecule has 1 amide bonds. The number of halogens is 3. The first kappa shape index (κ1) is 17.7. The highest BCUT2D eigenvalue weighted by Gasteiger charge is 2.47. The lowest BCUT2D eigenvalue weighted by atomic mass is 10.0. The van der Waals surface area contributed by atoms with Crippen molar-refractivity contribution in [2.45, 2.75) is 24.7 Å². The highest BCUT2D eigenvalue weighted by Crippen LogP contribution is 2.45. The van der Waals surface area contributed by atoms with Gasteiger partial charge in [0.05, 0.1) is 12.2 Å². The minimum Gasteiger partial charge on any atom is -0.362 e. The number of nitrogens with zero attached hydrogens (tertiary/aromatic N) is 3. The Morgan fingerprint density at radius 1 is 1.31 bits per heavy atom. The van der Waals surface area contributed by atoms with Gasteiger partial charge >= 0.3 is 6.18 Å². The summed E-state index contributed by atoms with van der Waals surface area (Å²) in [5, 5.41) is 8.89. The van der Waals surface area contributed by atoms with E-state index in [0.29, 0.717) is 13.1 Å². The number of aromatic nitrogens is 2. The van der Waals surface area contributed by atoms with E-state index in [1.165, 1.54) is 17.5 Å². The first-order chi connectivity index (χ1) is 12.4. The number of rotatable bonds is 2. The number of hydrogen-bond acceptors (Lipinski definition) is 5. The number of carbonyl (C=O) groups is 1. The summed E-state index contributed by atoms with van der Waals surface area (Å²) in [5.74, 6) is 1.59. The fourth-order valence-electron chi connectivity index (χ4n) is 3.33. The van der Waals surface area contributed by atoms with Crippen molar-refractivity contribution in [3.8, 4) is 0 Å². The largest absolute Gasteiger partial charge is 0.410 e. The van der Waals surface area contributed by atoms with Crippen LogP contribution in [0.3, 0.4) is 0 Å². The van der Waals surface area contributed by atoms with E-state index in [9.17, 15) is 18.0 Å². The molecule has 1 fully saturated rings. The van der Waals surface area contributed by atoms with Crippen LogP contribution in [0, 0.1) is 0 Å². The number of anilines is 1. The maximum atomic E-state index is 13.6. The SMILES string of the molecule is O=C(c1cnn2c1NC(c1cccs1)CC2C(F)(F)F)N1CCSCC1. The monoisotopic (exact) mass is 402 g/mol. The molecule has 4 rings (SSSR count). The molecule has 2 aromatic rings. The van der Waals surface area contributed by atoms with Crippen molar-refractivity contribution in [1.29, 1.82) is 0 Å². The predicted molar refractivity (Wildman–Crippen MR) is 95.8 cm³/mol. The molecule has 0 aliphatic carbocycles. The summed E-state index contributed by atoms with van der Waals surface area (Å²) in [5.41, 5.74) is 0.215. The Bertz CT molecular complexity index is 784. The van der Waals surface area contributed by atoms with Gasteiger partial charge in [-0.2, -0.15) is 30.0 Å². The van der Waals surface area contributed by atoms with Crippen molar-refractivity contribution in [1.82, 2.24) is 14.7 Å². The van der Waals surface area contributed by atoms with Gasteiger partial charge < -0.3 is 10.2 Å². The number of alkyl halides is 3. The number of carbonyl (C=O) groups excluding carboxylic acids is 1. The summed E-state index contributed by atoms with van der Waals surface area (Å²) in [6, 6.07) is 1.39. The van der Waals surface area contributed by atoms with Gasteiger partial charge in [-0.25, -0.2) is 4.68 Å². The van der Waals surface area contributed by atoms with E-state index in [-0.39, 0.29) is 23.7 Å². The van der Waals surface area contributed by atoms with Crippen LogP contribution in [-0.4, -0.2) is 51.4 Å². The van der Waals surface area contributed by atoms with Crippen molar-refractivity contribution < 1.29 is 18.0 Å².